The van der Waals surface area contributed by atoms with Gasteiger partial charge in [-0.1, -0.05) is 48.3 Å². The standard InChI is InChI=1S/C22H18OS4/c1-3-22(23)27-21-12-6-11-20(15-21)26-19-10-5-9-18(14-19)25-17-8-4-7-16(13-17)24-2/h3-15H,1H2,2H3. The Morgan fingerprint density at radius 3 is 1.63 bits per heavy atom. The third-order valence-corrected chi connectivity index (χ3v) is 7.05. The average Bonchev–Trinajstić information content (AvgIpc) is 2.68. The third kappa shape index (κ3) is 6.25. The summed E-state index contributed by atoms with van der Waals surface area (Å²) in [7, 11) is 0. The van der Waals surface area contributed by atoms with Gasteiger partial charge in [0.1, 0.15) is 0 Å². The van der Waals surface area contributed by atoms with E-state index in [1.165, 1.54) is 37.4 Å². The Morgan fingerprint density at radius 1 is 0.741 bits per heavy atom. The molecule has 0 fully saturated rings. The molecule has 27 heavy (non-hydrogen) atoms. The van der Waals surface area contributed by atoms with Crippen LogP contribution in [0.4, 0.5) is 0 Å². The molecule has 0 aliphatic rings. The quantitative estimate of drug-likeness (QED) is 0.286. The molecule has 0 aliphatic heterocycles. The minimum Gasteiger partial charge on any atom is -0.282 e. The summed E-state index contributed by atoms with van der Waals surface area (Å²) in [6.07, 6.45) is 3.44. The molecule has 1 nitrogen and oxygen atoms in total. The van der Waals surface area contributed by atoms with Crippen molar-refractivity contribution in [1.29, 1.82) is 0 Å². The zero-order valence-electron chi connectivity index (χ0n) is 14.8. The molecular formula is C22H18OS4. The first-order valence-corrected chi connectivity index (χ1v) is 11.9. The van der Waals surface area contributed by atoms with Gasteiger partial charge in [-0.2, -0.15) is 0 Å². The van der Waals surface area contributed by atoms with Gasteiger partial charge in [0.05, 0.1) is 0 Å². The largest absolute Gasteiger partial charge is 0.282 e. The fourth-order valence-electron chi connectivity index (χ4n) is 2.30. The number of rotatable bonds is 7. The van der Waals surface area contributed by atoms with Crippen LogP contribution in [-0.4, -0.2) is 11.4 Å². The third-order valence-electron chi connectivity index (χ3n) is 3.51. The van der Waals surface area contributed by atoms with Gasteiger partial charge in [0.2, 0.25) is 5.12 Å². The molecule has 0 atom stereocenters. The molecule has 0 aromatic heterocycles. The van der Waals surface area contributed by atoms with Crippen molar-refractivity contribution in [2.45, 2.75) is 29.4 Å². The summed E-state index contributed by atoms with van der Waals surface area (Å²) < 4.78 is 0. The highest BCUT2D eigenvalue weighted by Crippen LogP contribution is 2.35. The van der Waals surface area contributed by atoms with Crippen LogP contribution in [0.5, 0.6) is 0 Å². The minimum atomic E-state index is -0.0389. The van der Waals surface area contributed by atoms with Crippen molar-refractivity contribution in [3.63, 3.8) is 0 Å². The maximum Gasteiger partial charge on any atom is 0.216 e. The fraction of sp³-hybridized carbons (Fsp3) is 0.0455. The van der Waals surface area contributed by atoms with Crippen LogP contribution in [-0.2, 0) is 4.79 Å². The summed E-state index contributed by atoms with van der Waals surface area (Å²) in [5, 5.41) is -0.0389. The van der Waals surface area contributed by atoms with Crippen LogP contribution >= 0.6 is 47.0 Å². The number of carbonyl (C=O) groups is 1. The summed E-state index contributed by atoms with van der Waals surface area (Å²) >= 11 is 6.43. The van der Waals surface area contributed by atoms with Crippen LogP contribution in [0.2, 0.25) is 0 Å². The second-order valence-electron chi connectivity index (χ2n) is 5.46. The Labute approximate surface area is 177 Å². The van der Waals surface area contributed by atoms with E-state index in [9.17, 15) is 4.79 Å². The lowest BCUT2D eigenvalue weighted by Gasteiger charge is -2.07. The van der Waals surface area contributed by atoms with Gasteiger partial charge in [0, 0.05) is 29.4 Å². The summed E-state index contributed by atoms with van der Waals surface area (Å²) in [6, 6.07) is 25.1. The predicted molar refractivity (Wildman–Crippen MR) is 120 cm³/mol. The van der Waals surface area contributed by atoms with Crippen molar-refractivity contribution in [3.8, 4) is 0 Å². The normalized spacial score (nSPS) is 10.6. The molecule has 0 saturated heterocycles. The molecule has 0 saturated carbocycles. The number of thioether (sulfide) groups is 2. The maximum atomic E-state index is 11.5. The molecule has 0 N–H and O–H groups in total. The molecule has 0 amide bonds. The Morgan fingerprint density at radius 2 is 1.15 bits per heavy atom. The number of hydrogen-bond acceptors (Lipinski definition) is 5. The first-order chi connectivity index (χ1) is 13.2. The van der Waals surface area contributed by atoms with Crippen LogP contribution in [0.25, 0.3) is 0 Å². The molecule has 136 valence electrons. The molecule has 0 heterocycles. The molecular weight excluding hydrogens is 409 g/mol. The van der Waals surface area contributed by atoms with Crippen molar-refractivity contribution >= 4 is 52.2 Å². The van der Waals surface area contributed by atoms with Crippen LogP contribution in [0.15, 0.2) is 115 Å². The second-order valence-corrected chi connectivity index (χ2v) is 9.71. The molecule has 0 spiro atoms. The van der Waals surface area contributed by atoms with Crippen molar-refractivity contribution in [1.82, 2.24) is 0 Å². The van der Waals surface area contributed by atoms with Gasteiger partial charge < -0.3 is 0 Å². The van der Waals surface area contributed by atoms with Crippen LogP contribution < -0.4 is 0 Å². The van der Waals surface area contributed by atoms with Crippen LogP contribution in [0, 0.1) is 0 Å². The molecule has 5 heteroatoms. The van der Waals surface area contributed by atoms with Gasteiger partial charge in [0.15, 0.2) is 0 Å². The molecule has 3 aromatic rings. The first-order valence-electron chi connectivity index (χ1n) is 8.20. The highest BCUT2D eigenvalue weighted by atomic mass is 32.2. The van der Waals surface area contributed by atoms with E-state index in [0.717, 1.165) is 9.79 Å². The van der Waals surface area contributed by atoms with Gasteiger partial charge in [-0.05, 0) is 78.7 Å². The van der Waals surface area contributed by atoms with Gasteiger partial charge >= 0.3 is 0 Å². The second kappa shape index (κ2) is 10.1. The number of hydrogen-bond donors (Lipinski definition) is 0. The van der Waals surface area contributed by atoms with Crippen molar-refractivity contribution in [3.05, 3.63) is 85.5 Å². The lowest BCUT2D eigenvalue weighted by atomic mass is 10.4. The Balaban J connectivity index is 1.73. The first kappa shape index (κ1) is 20.2. The van der Waals surface area contributed by atoms with E-state index in [1.54, 1.807) is 35.3 Å². The average molecular weight is 427 g/mol. The zero-order chi connectivity index (χ0) is 19.1. The maximum absolute atomic E-state index is 11.5. The Kier molecular flexibility index (Phi) is 7.59. The SMILES string of the molecule is C=CC(=O)Sc1cccc(Sc2cccc(Sc3cccc(SC)c3)c2)c1. The highest BCUT2D eigenvalue weighted by Gasteiger charge is 2.05. The summed E-state index contributed by atoms with van der Waals surface area (Å²) in [5.41, 5.74) is 0. The lowest BCUT2D eigenvalue weighted by molar-refractivity contribution is -0.107. The Bertz CT molecular complexity index is 952. The van der Waals surface area contributed by atoms with Gasteiger partial charge in [-0.3, -0.25) is 4.79 Å². The van der Waals surface area contributed by atoms with E-state index < -0.39 is 0 Å². The van der Waals surface area contributed by atoms with Crippen LogP contribution in [0.1, 0.15) is 0 Å². The van der Waals surface area contributed by atoms with Crippen LogP contribution in [0.3, 0.4) is 0 Å². The smallest absolute Gasteiger partial charge is 0.216 e. The summed E-state index contributed by atoms with van der Waals surface area (Å²) in [4.78, 5) is 18.5. The fourth-order valence-corrected chi connectivity index (χ4v) is 5.50. The molecule has 3 rings (SSSR count). The molecule has 0 unspecified atom stereocenters. The van der Waals surface area contributed by atoms with Crippen molar-refractivity contribution in [2.24, 2.45) is 0 Å². The van der Waals surface area contributed by atoms with E-state index in [2.05, 4.69) is 67.4 Å². The van der Waals surface area contributed by atoms with E-state index in [1.807, 2.05) is 18.2 Å². The summed E-state index contributed by atoms with van der Waals surface area (Å²) in [6.45, 7) is 3.52. The monoisotopic (exact) mass is 426 g/mol. The van der Waals surface area contributed by atoms with Gasteiger partial charge in [0.25, 0.3) is 0 Å². The van der Waals surface area contributed by atoms with E-state index >= 15 is 0 Å². The highest BCUT2D eigenvalue weighted by molar-refractivity contribution is 8.14. The molecule has 0 bridgehead atoms. The van der Waals surface area contributed by atoms with Crippen molar-refractivity contribution in [2.75, 3.05) is 6.26 Å². The molecule has 0 radical (unpaired) electrons. The molecule has 3 aromatic carbocycles. The van der Waals surface area contributed by atoms with E-state index in [4.69, 9.17) is 0 Å². The van der Waals surface area contributed by atoms with Gasteiger partial charge in [-0.25, -0.2) is 0 Å². The predicted octanol–water partition coefficient (Wildman–Crippen LogP) is 7.52. The van der Waals surface area contributed by atoms with Gasteiger partial charge in [-0.15, -0.1) is 11.8 Å². The van der Waals surface area contributed by atoms with E-state index in [0.29, 0.717) is 0 Å². The zero-order valence-corrected chi connectivity index (χ0v) is 18.0. The number of carbonyl (C=O) groups excluding carboxylic acids is 1. The minimum absolute atomic E-state index is 0.0389. The topological polar surface area (TPSA) is 17.1 Å². The van der Waals surface area contributed by atoms with E-state index in [-0.39, 0.29) is 5.12 Å². The summed E-state index contributed by atoms with van der Waals surface area (Å²) in [5.74, 6) is 0. The van der Waals surface area contributed by atoms with Crippen molar-refractivity contribution < 1.29 is 4.79 Å². The molecule has 0 aliphatic carbocycles. The number of benzene rings is 3. The lowest BCUT2D eigenvalue weighted by Crippen LogP contribution is -1.83. The Hall–Kier alpha value is -1.53.